The van der Waals surface area contributed by atoms with Gasteiger partial charge in [0.25, 0.3) is 0 Å². The third-order valence-electron chi connectivity index (χ3n) is 5.08. The Labute approximate surface area is 123 Å². The van der Waals surface area contributed by atoms with E-state index in [0.717, 1.165) is 6.04 Å². The Morgan fingerprint density at radius 3 is 2.80 bits per heavy atom. The minimum absolute atomic E-state index is 0.697. The van der Waals surface area contributed by atoms with E-state index in [4.69, 9.17) is 0 Å². The van der Waals surface area contributed by atoms with Gasteiger partial charge in [-0.05, 0) is 43.9 Å². The minimum Gasteiger partial charge on any atom is -0.365 e. The highest BCUT2D eigenvalue weighted by Crippen LogP contribution is 2.32. The second-order valence-electron chi connectivity index (χ2n) is 6.38. The minimum atomic E-state index is 0.697. The van der Waals surface area contributed by atoms with Crippen LogP contribution in [-0.2, 0) is 6.42 Å². The van der Waals surface area contributed by atoms with Gasteiger partial charge >= 0.3 is 0 Å². The van der Waals surface area contributed by atoms with Crippen LogP contribution in [0.3, 0.4) is 0 Å². The topological polar surface area (TPSA) is 6.48 Å². The van der Waals surface area contributed by atoms with E-state index < -0.39 is 0 Å². The molecule has 0 amide bonds. The summed E-state index contributed by atoms with van der Waals surface area (Å²) < 4.78 is 0. The second kappa shape index (κ2) is 6.17. The SMILES string of the molecule is CCCc1ccccc1N1CC2CCCN2CC1CC. The molecule has 20 heavy (non-hydrogen) atoms. The van der Waals surface area contributed by atoms with Crippen LogP contribution in [0.15, 0.2) is 24.3 Å². The van der Waals surface area contributed by atoms with Gasteiger partial charge in [0.1, 0.15) is 0 Å². The summed E-state index contributed by atoms with van der Waals surface area (Å²) in [5.41, 5.74) is 3.05. The molecule has 1 aromatic carbocycles. The number of piperazine rings is 1. The first kappa shape index (κ1) is 13.9. The number of para-hydroxylation sites is 1. The lowest BCUT2D eigenvalue weighted by molar-refractivity contribution is 0.194. The van der Waals surface area contributed by atoms with Gasteiger partial charge in [0.2, 0.25) is 0 Å². The Balaban J connectivity index is 1.87. The molecule has 0 N–H and O–H groups in total. The summed E-state index contributed by atoms with van der Waals surface area (Å²) in [6.45, 7) is 8.45. The van der Waals surface area contributed by atoms with E-state index >= 15 is 0 Å². The molecule has 0 spiro atoms. The molecule has 1 aromatic rings. The molecular weight excluding hydrogens is 244 g/mol. The first-order valence-corrected chi connectivity index (χ1v) is 8.42. The molecule has 0 radical (unpaired) electrons. The molecule has 2 heterocycles. The molecule has 3 rings (SSSR count). The van der Waals surface area contributed by atoms with Gasteiger partial charge in [0.15, 0.2) is 0 Å². The second-order valence-corrected chi connectivity index (χ2v) is 6.38. The quantitative estimate of drug-likeness (QED) is 0.824. The van der Waals surface area contributed by atoms with E-state index in [-0.39, 0.29) is 0 Å². The highest BCUT2D eigenvalue weighted by Gasteiger charge is 2.35. The predicted molar refractivity (Wildman–Crippen MR) is 86.5 cm³/mol. The summed E-state index contributed by atoms with van der Waals surface area (Å²) >= 11 is 0. The van der Waals surface area contributed by atoms with Crippen molar-refractivity contribution in [2.24, 2.45) is 0 Å². The summed E-state index contributed by atoms with van der Waals surface area (Å²) in [5, 5.41) is 0. The zero-order valence-electron chi connectivity index (χ0n) is 13.0. The van der Waals surface area contributed by atoms with Crippen molar-refractivity contribution in [3.8, 4) is 0 Å². The molecule has 2 fully saturated rings. The van der Waals surface area contributed by atoms with Crippen LogP contribution in [0.1, 0.15) is 45.1 Å². The number of nitrogens with zero attached hydrogens (tertiary/aromatic N) is 2. The zero-order chi connectivity index (χ0) is 13.9. The van der Waals surface area contributed by atoms with Gasteiger partial charge in [0, 0.05) is 30.9 Å². The van der Waals surface area contributed by atoms with Crippen molar-refractivity contribution in [1.82, 2.24) is 4.90 Å². The van der Waals surface area contributed by atoms with E-state index in [1.807, 2.05) is 0 Å². The lowest BCUT2D eigenvalue weighted by Gasteiger charge is -2.45. The molecule has 0 aromatic heterocycles. The van der Waals surface area contributed by atoms with Gasteiger partial charge < -0.3 is 4.90 Å². The van der Waals surface area contributed by atoms with Crippen molar-refractivity contribution in [3.05, 3.63) is 29.8 Å². The maximum atomic E-state index is 2.73. The first-order chi connectivity index (χ1) is 9.83. The molecule has 2 nitrogen and oxygen atoms in total. The van der Waals surface area contributed by atoms with Crippen molar-refractivity contribution in [1.29, 1.82) is 0 Å². The van der Waals surface area contributed by atoms with E-state index in [0.29, 0.717) is 6.04 Å². The fourth-order valence-electron chi connectivity index (χ4n) is 4.00. The summed E-state index contributed by atoms with van der Waals surface area (Å²) in [6.07, 6.45) is 6.48. The lowest BCUT2D eigenvalue weighted by Crippen LogP contribution is -2.56. The average Bonchev–Trinajstić information content (AvgIpc) is 2.94. The molecule has 2 atom stereocenters. The number of anilines is 1. The maximum Gasteiger partial charge on any atom is 0.0415 e. The number of hydrogen-bond donors (Lipinski definition) is 0. The number of rotatable bonds is 4. The molecule has 0 bridgehead atoms. The summed E-state index contributed by atoms with van der Waals surface area (Å²) in [5.74, 6) is 0. The van der Waals surface area contributed by atoms with Crippen LogP contribution in [0.25, 0.3) is 0 Å². The summed E-state index contributed by atoms with van der Waals surface area (Å²) in [4.78, 5) is 5.45. The number of benzene rings is 1. The Morgan fingerprint density at radius 1 is 1.15 bits per heavy atom. The van der Waals surface area contributed by atoms with E-state index in [9.17, 15) is 0 Å². The van der Waals surface area contributed by atoms with Crippen molar-refractivity contribution >= 4 is 5.69 Å². The Hall–Kier alpha value is -1.02. The van der Waals surface area contributed by atoms with Gasteiger partial charge in [-0.15, -0.1) is 0 Å². The van der Waals surface area contributed by atoms with Crippen molar-refractivity contribution in [3.63, 3.8) is 0 Å². The van der Waals surface area contributed by atoms with Crippen LogP contribution in [0, 0.1) is 0 Å². The first-order valence-electron chi connectivity index (χ1n) is 8.42. The highest BCUT2D eigenvalue weighted by molar-refractivity contribution is 5.55. The van der Waals surface area contributed by atoms with Crippen molar-refractivity contribution in [2.45, 2.75) is 58.0 Å². The average molecular weight is 272 g/mol. The van der Waals surface area contributed by atoms with Gasteiger partial charge in [-0.3, -0.25) is 4.90 Å². The summed E-state index contributed by atoms with van der Waals surface area (Å²) in [7, 11) is 0. The van der Waals surface area contributed by atoms with Gasteiger partial charge in [0.05, 0.1) is 0 Å². The normalized spacial score (nSPS) is 26.8. The standard InChI is InChI=1S/C18H28N2/c1-3-8-15-9-5-6-11-18(15)20-14-17-10-7-12-19(17)13-16(20)4-2/h5-6,9,11,16-17H,3-4,7-8,10,12-14H2,1-2H3. The molecule has 2 unspecified atom stereocenters. The molecule has 2 aliphatic heterocycles. The smallest absolute Gasteiger partial charge is 0.0415 e. The lowest BCUT2D eigenvalue weighted by atomic mass is 10.0. The Bertz CT molecular complexity index is 443. The third kappa shape index (κ3) is 2.58. The molecule has 0 aliphatic carbocycles. The van der Waals surface area contributed by atoms with Gasteiger partial charge in [-0.25, -0.2) is 0 Å². The van der Waals surface area contributed by atoms with Crippen LogP contribution in [-0.4, -0.2) is 36.6 Å². The summed E-state index contributed by atoms with van der Waals surface area (Å²) in [6, 6.07) is 10.6. The monoisotopic (exact) mass is 272 g/mol. The molecule has 110 valence electrons. The predicted octanol–water partition coefficient (Wildman–Crippen LogP) is 3.70. The molecule has 2 heteroatoms. The van der Waals surface area contributed by atoms with Crippen LogP contribution in [0.2, 0.25) is 0 Å². The molecule has 2 aliphatic rings. The van der Waals surface area contributed by atoms with Crippen LogP contribution in [0.5, 0.6) is 0 Å². The number of hydrogen-bond acceptors (Lipinski definition) is 2. The van der Waals surface area contributed by atoms with Crippen LogP contribution < -0.4 is 4.90 Å². The zero-order valence-corrected chi connectivity index (χ0v) is 13.0. The largest absolute Gasteiger partial charge is 0.365 e. The number of fused-ring (bicyclic) bond motifs is 1. The molecular formula is C18H28N2. The van der Waals surface area contributed by atoms with Crippen LogP contribution >= 0.6 is 0 Å². The fourth-order valence-corrected chi connectivity index (χ4v) is 4.00. The van der Waals surface area contributed by atoms with E-state index in [2.05, 4.69) is 47.9 Å². The van der Waals surface area contributed by atoms with Gasteiger partial charge in [-0.2, -0.15) is 0 Å². The Morgan fingerprint density at radius 2 is 2.00 bits per heavy atom. The fraction of sp³-hybridized carbons (Fsp3) is 0.667. The highest BCUT2D eigenvalue weighted by atomic mass is 15.3. The Kier molecular flexibility index (Phi) is 4.30. The third-order valence-corrected chi connectivity index (χ3v) is 5.08. The molecule has 2 saturated heterocycles. The van der Waals surface area contributed by atoms with Crippen LogP contribution in [0.4, 0.5) is 5.69 Å². The van der Waals surface area contributed by atoms with Crippen molar-refractivity contribution in [2.75, 3.05) is 24.5 Å². The van der Waals surface area contributed by atoms with E-state index in [1.54, 1.807) is 5.56 Å². The van der Waals surface area contributed by atoms with Gasteiger partial charge in [-0.1, -0.05) is 38.5 Å². The van der Waals surface area contributed by atoms with E-state index in [1.165, 1.54) is 57.4 Å². The van der Waals surface area contributed by atoms with Crippen molar-refractivity contribution < 1.29 is 0 Å². The maximum absolute atomic E-state index is 2.73. The number of aryl methyl sites for hydroxylation is 1. The molecule has 0 saturated carbocycles.